The van der Waals surface area contributed by atoms with Crippen molar-refractivity contribution in [2.24, 2.45) is 0 Å². The Labute approximate surface area is 84.2 Å². The largest absolute Gasteiger partial charge is 0.337 e. The highest BCUT2D eigenvalue weighted by Gasteiger charge is 1.98. The molecule has 3 heteroatoms. The van der Waals surface area contributed by atoms with Crippen molar-refractivity contribution in [3.8, 4) is 17.9 Å². The van der Waals surface area contributed by atoms with Crippen molar-refractivity contribution in [2.75, 3.05) is 0 Å². The first-order valence-corrected chi connectivity index (χ1v) is 4.80. The van der Waals surface area contributed by atoms with Crippen LogP contribution in [0.5, 0.6) is 0 Å². The summed E-state index contributed by atoms with van der Waals surface area (Å²) in [5.74, 6) is 5.94. The minimum absolute atomic E-state index is 0.382. The summed E-state index contributed by atoms with van der Waals surface area (Å²) in [6.45, 7) is 2.16. The summed E-state index contributed by atoms with van der Waals surface area (Å²) < 4.78 is 0. The quantitative estimate of drug-likeness (QED) is 0.582. The summed E-state index contributed by atoms with van der Waals surface area (Å²) in [6.07, 6.45) is 5.92. The third kappa shape index (κ3) is 2.95. The number of unbranched alkanes of at least 4 members (excludes halogenated alkanes) is 3. The predicted octanol–water partition coefficient (Wildman–Crippen LogP) is 2.21. The fourth-order valence-corrected chi connectivity index (χ4v) is 1.09. The number of hydrogen-bond acceptors (Lipinski definition) is 2. The Balaban J connectivity index is 2.47. The van der Waals surface area contributed by atoms with Gasteiger partial charge in [-0.15, -0.1) is 0 Å². The average molecular weight is 187 g/mol. The second-order valence-electron chi connectivity index (χ2n) is 3.00. The van der Waals surface area contributed by atoms with Gasteiger partial charge in [-0.25, -0.2) is 4.98 Å². The monoisotopic (exact) mass is 187 g/mol. The predicted molar refractivity (Wildman–Crippen MR) is 54.3 cm³/mol. The molecule has 14 heavy (non-hydrogen) atoms. The first kappa shape index (κ1) is 10.3. The van der Waals surface area contributed by atoms with Crippen molar-refractivity contribution in [1.29, 1.82) is 5.26 Å². The average Bonchev–Trinajstić information content (AvgIpc) is 2.65. The molecule has 0 unspecified atom stereocenters. The molecule has 1 rings (SSSR count). The molecule has 0 atom stereocenters. The van der Waals surface area contributed by atoms with Gasteiger partial charge in [-0.3, -0.25) is 0 Å². The Kier molecular flexibility index (Phi) is 4.31. The number of imidazole rings is 1. The molecule has 0 aliphatic rings. The van der Waals surface area contributed by atoms with Crippen LogP contribution in [-0.2, 0) is 0 Å². The summed E-state index contributed by atoms with van der Waals surface area (Å²) in [6, 6.07) is 1.98. The Bertz CT molecular complexity index is 373. The summed E-state index contributed by atoms with van der Waals surface area (Å²) in [5, 5.41) is 8.65. The summed E-state index contributed by atoms with van der Waals surface area (Å²) >= 11 is 0. The molecule has 3 nitrogen and oxygen atoms in total. The lowest BCUT2D eigenvalue weighted by Gasteiger charge is -1.88. The molecule has 1 N–H and O–H groups in total. The van der Waals surface area contributed by atoms with Gasteiger partial charge in [-0.1, -0.05) is 25.7 Å². The molecule has 1 aromatic rings. The number of rotatable bonds is 3. The van der Waals surface area contributed by atoms with E-state index < -0.39 is 0 Å². The van der Waals surface area contributed by atoms with Crippen LogP contribution in [0.3, 0.4) is 0 Å². The summed E-state index contributed by atoms with van der Waals surface area (Å²) in [5.41, 5.74) is 1.01. The van der Waals surface area contributed by atoms with Gasteiger partial charge in [0.1, 0.15) is 11.8 Å². The van der Waals surface area contributed by atoms with Gasteiger partial charge in [0, 0.05) is 6.42 Å². The van der Waals surface area contributed by atoms with Crippen LogP contribution in [0, 0.1) is 23.2 Å². The van der Waals surface area contributed by atoms with Crippen LogP contribution in [0.15, 0.2) is 6.33 Å². The zero-order chi connectivity index (χ0) is 10.2. The molecule has 0 saturated heterocycles. The lowest BCUT2D eigenvalue weighted by molar-refractivity contribution is 0.737. The molecule has 0 fully saturated rings. The number of aromatic nitrogens is 2. The molecule has 1 heterocycles. The first-order valence-electron chi connectivity index (χ1n) is 4.80. The molecule has 1 aromatic heterocycles. The van der Waals surface area contributed by atoms with Crippen molar-refractivity contribution in [3.05, 3.63) is 17.7 Å². The van der Waals surface area contributed by atoms with Gasteiger partial charge in [-0.05, 0) is 12.3 Å². The highest BCUT2D eigenvalue weighted by Crippen LogP contribution is 2.00. The maximum absolute atomic E-state index is 8.65. The molecule has 72 valence electrons. The van der Waals surface area contributed by atoms with Gasteiger partial charge in [-0.2, -0.15) is 5.26 Å². The Morgan fingerprint density at radius 2 is 2.36 bits per heavy atom. The molecular weight excluding hydrogens is 174 g/mol. The second kappa shape index (κ2) is 5.83. The van der Waals surface area contributed by atoms with Crippen LogP contribution in [0.2, 0.25) is 0 Å². The van der Waals surface area contributed by atoms with Crippen molar-refractivity contribution < 1.29 is 0 Å². The van der Waals surface area contributed by atoms with Crippen LogP contribution in [-0.4, -0.2) is 9.97 Å². The van der Waals surface area contributed by atoms with E-state index in [1.807, 2.05) is 6.07 Å². The Morgan fingerprint density at radius 1 is 1.50 bits per heavy atom. The molecule has 0 amide bonds. The van der Waals surface area contributed by atoms with Gasteiger partial charge in [0.2, 0.25) is 0 Å². The van der Waals surface area contributed by atoms with Crippen molar-refractivity contribution in [1.82, 2.24) is 9.97 Å². The lowest BCUT2D eigenvalue weighted by atomic mass is 10.2. The molecular formula is C11H13N3. The standard InChI is InChI=1S/C11H13N3/c1-2-3-4-5-6-7-10-11(8-12)14-9-13-10/h9H,2-5H2,1H3,(H,13,14). The topological polar surface area (TPSA) is 52.5 Å². The van der Waals surface area contributed by atoms with Crippen molar-refractivity contribution in [2.45, 2.75) is 32.6 Å². The van der Waals surface area contributed by atoms with E-state index in [2.05, 4.69) is 28.7 Å². The smallest absolute Gasteiger partial charge is 0.174 e. The van der Waals surface area contributed by atoms with Crippen LogP contribution in [0.25, 0.3) is 0 Å². The normalized spacial score (nSPS) is 8.86. The van der Waals surface area contributed by atoms with Gasteiger partial charge < -0.3 is 4.98 Å². The van der Waals surface area contributed by atoms with E-state index in [0.717, 1.165) is 12.8 Å². The number of aromatic amines is 1. The van der Waals surface area contributed by atoms with Gasteiger partial charge in [0.05, 0.1) is 6.33 Å². The van der Waals surface area contributed by atoms with Crippen LogP contribution < -0.4 is 0 Å². The number of nitrogens with zero attached hydrogens (tertiary/aromatic N) is 2. The van der Waals surface area contributed by atoms with E-state index in [-0.39, 0.29) is 0 Å². The van der Waals surface area contributed by atoms with E-state index >= 15 is 0 Å². The molecule has 0 saturated carbocycles. The third-order valence-corrected chi connectivity index (χ3v) is 1.86. The second-order valence-corrected chi connectivity index (χ2v) is 3.00. The summed E-state index contributed by atoms with van der Waals surface area (Å²) in [7, 11) is 0. The molecule has 0 radical (unpaired) electrons. The molecule has 0 spiro atoms. The molecule has 0 aliphatic heterocycles. The van der Waals surface area contributed by atoms with E-state index in [9.17, 15) is 0 Å². The lowest BCUT2D eigenvalue weighted by Crippen LogP contribution is -1.80. The van der Waals surface area contributed by atoms with Crippen LogP contribution >= 0.6 is 0 Å². The maximum Gasteiger partial charge on any atom is 0.174 e. The van der Waals surface area contributed by atoms with E-state index in [0.29, 0.717) is 11.4 Å². The first-order chi connectivity index (χ1) is 6.88. The summed E-state index contributed by atoms with van der Waals surface area (Å²) in [4.78, 5) is 6.67. The minimum Gasteiger partial charge on any atom is -0.337 e. The van der Waals surface area contributed by atoms with Crippen molar-refractivity contribution in [3.63, 3.8) is 0 Å². The van der Waals surface area contributed by atoms with Crippen molar-refractivity contribution >= 4 is 0 Å². The number of nitriles is 1. The fourth-order valence-electron chi connectivity index (χ4n) is 1.09. The van der Waals surface area contributed by atoms with Crippen LogP contribution in [0.1, 0.15) is 44.0 Å². The highest BCUT2D eigenvalue weighted by molar-refractivity contribution is 5.38. The number of H-pyrrole nitrogens is 1. The maximum atomic E-state index is 8.65. The van der Waals surface area contributed by atoms with E-state index in [1.165, 1.54) is 19.2 Å². The third-order valence-electron chi connectivity index (χ3n) is 1.86. The van der Waals surface area contributed by atoms with Gasteiger partial charge in [0.25, 0.3) is 0 Å². The Morgan fingerprint density at radius 3 is 3.07 bits per heavy atom. The zero-order valence-electron chi connectivity index (χ0n) is 8.30. The Hall–Kier alpha value is -1.74. The SMILES string of the molecule is CCCCCC#Cc1[nH]cnc1C#N. The number of nitrogens with one attached hydrogen (secondary N) is 1. The molecule has 0 aromatic carbocycles. The zero-order valence-corrected chi connectivity index (χ0v) is 8.30. The fraction of sp³-hybridized carbons (Fsp3) is 0.455. The molecule has 0 aliphatic carbocycles. The molecule has 0 bridgehead atoms. The van der Waals surface area contributed by atoms with E-state index in [1.54, 1.807) is 0 Å². The van der Waals surface area contributed by atoms with Gasteiger partial charge in [0.15, 0.2) is 5.69 Å². The van der Waals surface area contributed by atoms with Crippen LogP contribution in [0.4, 0.5) is 0 Å². The van der Waals surface area contributed by atoms with Gasteiger partial charge >= 0.3 is 0 Å². The number of hydrogen-bond donors (Lipinski definition) is 1. The van der Waals surface area contributed by atoms with E-state index in [4.69, 9.17) is 5.26 Å². The highest BCUT2D eigenvalue weighted by atomic mass is 14.9. The minimum atomic E-state index is 0.382.